The van der Waals surface area contributed by atoms with E-state index in [0.717, 1.165) is 89.9 Å². The number of rotatable bonds is 50. The molecule has 0 amide bonds. The van der Waals surface area contributed by atoms with Crippen molar-refractivity contribution in [2.45, 2.75) is 290 Å². The van der Waals surface area contributed by atoms with E-state index in [1.807, 2.05) is 0 Å². The Hall–Kier alpha value is -2.63. The van der Waals surface area contributed by atoms with Gasteiger partial charge >= 0.3 is 17.9 Å². The second kappa shape index (κ2) is 53.0. The first-order chi connectivity index (χ1) is 31.5. The number of esters is 3. The maximum Gasteiger partial charge on any atom is 0.306 e. The zero-order valence-electron chi connectivity index (χ0n) is 42.6. The molecule has 0 aromatic carbocycles. The molecule has 0 N–H and O–H groups in total. The molecule has 1 atom stereocenters. The third kappa shape index (κ3) is 50.4. The van der Waals surface area contributed by atoms with Crippen LogP contribution in [-0.2, 0) is 28.6 Å². The van der Waals surface area contributed by atoms with Gasteiger partial charge in [0.1, 0.15) is 13.2 Å². The van der Waals surface area contributed by atoms with Crippen LogP contribution in [0.15, 0.2) is 48.6 Å². The van der Waals surface area contributed by atoms with E-state index in [0.29, 0.717) is 19.3 Å². The second-order valence-electron chi connectivity index (χ2n) is 18.5. The van der Waals surface area contributed by atoms with Gasteiger partial charge in [0.25, 0.3) is 0 Å². The molecule has 0 spiro atoms. The van der Waals surface area contributed by atoms with Crippen LogP contribution in [0.5, 0.6) is 0 Å². The molecular weight excluding hydrogens is 793 g/mol. The lowest BCUT2D eigenvalue weighted by molar-refractivity contribution is -0.167. The first-order valence-electron chi connectivity index (χ1n) is 27.6. The molecule has 6 nitrogen and oxygen atoms in total. The molecule has 0 saturated carbocycles. The van der Waals surface area contributed by atoms with Gasteiger partial charge in [0.15, 0.2) is 6.10 Å². The van der Waals surface area contributed by atoms with Gasteiger partial charge < -0.3 is 14.2 Å². The van der Waals surface area contributed by atoms with Gasteiger partial charge in [-0.2, -0.15) is 0 Å². The number of carbonyl (C=O) groups excluding carboxylic acids is 3. The lowest BCUT2D eigenvalue weighted by atomic mass is 10.0. The van der Waals surface area contributed by atoms with E-state index in [9.17, 15) is 14.4 Å². The number of unbranched alkanes of at least 4 members (excludes halogenated alkanes) is 31. The summed E-state index contributed by atoms with van der Waals surface area (Å²) in [5.41, 5.74) is 0. The highest BCUT2D eigenvalue weighted by Crippen LogP contribution is 2.16. The summed E-state index contributed by atoms with van der Waals surface area (Å²) in [6.45, 7) is 6.53. The van der Waals surface area contributed by atoms with Gasteiger partial charge in [0.05, 0.1) is 0 Å². The third-order valence-electron chi connectivity index (χ3n) is 12.1. The van der Waals surface area contributed by atoms with Gasteiger partial charge in [-0.25, -0.2) is 0 Å². The molecule has 0 aliphatic rings. The first-order valence-corrected chi connectivity index (χ1v) is 27.6. The molecule has 1 unspecified atom stereocenters. The number of hydrogen-bond acceptors (Lipinski definition) is 6. The number of allylic oxidation sites excluding steroid dienone is 8. The van der Waals surface area contributed by atoms with Gasteiger partial charge in [-0.05, 0) is 57.8 Å². The normalized spacial score (nSPS) is 12.4. The fourth-order valence-electron chi connectivity index (χ4n) is 7.96. The summed E-state index contributed by atoms with van der Waals surface area (Å²) in [6, 6.07) is 0. The topological polar surface area (TPSA) is 78.9 Å². The van der Waals surface area contributed by atoms with Crippen LogP contribution in [-0.4, -0.2) is 37.2 Å². The Bertz CT molecular complexity index is 1120. The van der Waals surface area contributed by atoms with Crippen LogP contribution in [0.2, 0.25) is 0 Å². The van der Waals surface area contributed by atoms with Crippen molar-refractivity contribution >= 4 is 17.9 Å². The zero-order valence-corrected chi connectivity index (χ0v) is 42.6. The Morgan fingerprint density at radius 1 is 0.328 bits per heavy atom. The molecule has 0 radical (unpaired) electrons. The quantitative estimate of drug-likeness (QED) is 0.0262. The van der Waals surface area contributed by atoms with Crippen molar-refractivity contribution < 1.29 is 28.6 Å². The van der Waals surface area contributed by atoms with E-state index in [1.165, 1.54) is 154 Å². The van der Waals surface area contributed by atoms with Crippen molar-refractivity contribution in [3.05, 3.63) is 48.6 Å². The smallest absolute Gasteiger partial charge is 0.306 e. The SMILES string of the molecule is CC/C=C\C/C=C\C/C=C\C/C=C\CCCCCC(=O)OCC(COC(=O)CCCCCCCCCCCCCCCC)OC(=O)CCCCCCCCCCCCCCCCCC. The van der Waals surface area contributed by atoms with Crippen LogP contribution >= 0.6 is 0 Å². The van der Waals surface area contributed by atoms with Crippen LogP contribution in [0, 0.1) is 0 Å². The minimum absolute atomic E-state index is 0.0791. The predicted octanol–water partition coefficient (Wildman–Crippen LogP) is 18.3. The van der Waals surface area contributed by atoms with E-state index in [2.05, 4.69) is 69.4 Å². The summed E-state index contributed by atoms with van der Waals surface area (Å²) in [5.74, 6) is -0.897. The Kier molecular flexibility index (Phi) is 50.8. The average Bonchev–Trinajstić information content (AvgIpc) is 3.29. The molecule has 0 aromatic rings. The van der Waals surface area contributed by atoms with Gasteiger partial charge in [0, 0.05) is 19.3 Å². The van der Waals surface area contributed by atoms with Crippen LogP contribution in [0.3, 0.4) is 0 Å². The largest absolute Gasteiger partial charge is 0.462 e. The first kappa shape index (κ1) is 61.4. The molecule has 0 heterocycles. The molecule has 0 saturated heterocycles. The summed E-state index contributed by atoms with van der Waals surface area (Å²) in [5, 5.41) is 0. The minimum Gasteiger partial charge on any atom is -0.462 e. The number of ether oxygens (including phenoxy) is 3. The molecule has 0 aliphatic heterocycles. The molecule has 64 heavy (non-hydrogen) atoms. The monoisotopic (exact) mass is 897 g/mol. The van der Waals surface area contributed by atoms with Crippen molar-refractivity contribution in [1.82, 2.24) is 0 Å². The van der Waals surface area contributed by atoms with E-state index in [1.54, 1.807) is 0 Å². The van der Waals surface area contributed by atoms with Crippen molar-refractivity contribution in [3.63, 3.8) is 0 Å². The van der Waals surface area contributed by atoms with Gasteiger partial charge in [0.2, 0.25) is 0 Å². The minimum atomic E-state index is -0.782. The molecule has 0 aliphatic carbocycles. The highest BCUT2D eigenvalue weighted by atomic mass is 16.6. The van der Waals surface area contributed by atoms with E-state index in [-0.39, 0.29) is 31.1 Å². The molecular formula is C58H104O6. The van der Waals surface area contributed by atoms with E-state index < -0.39 is 6.10 Å². The van der Waals surface area contributed by atoms with Crippen molar-refractivity contribution in [1.29, 1.82) is 0 Å². The maximum atomic E-state index is 12.8. The fourth-order valence-corrected chi connectivity index (χ4v) is 7.96. The lowest BCUT2D eigenvalue weighted by Crippen LogP contribution is -2.30. The summed E-state index contributed by atoms with van der Waals surface area (Å²) < 4.78 is 16.8. The molecule has 372 valence electrons. The zero-order chi connectivity index (χ0) is 46.5. The number of carbonyl (C=O) groups is 3. The standard InChI is InChI=1S/C58H104O6/c1-4-7-10-13-16-19-22-25-28-30-33-36-39-42-45-48-51-57(60)63-54-55(53-62-56(59)50-47-44-41-38-35-32-27-24-21-18-15-12-9-6-3)64-58(61)52-49-46-43-40-37-34-31-29-26-23-20-17-14-11-8-5-2/h7,10,16,19,25,28,33,36,55H,4-6,8-9,11-15,17-18,20-24,26-27,29-32,34-35,37-54H2,1-3H3/b10-7-,19-16-,28-25-,36-33-. The summed E-state index contributed by atoms with van der Waals surface area (Å²) in [7, 11) is 0. The Labute approximate surface area is 397 Å². The molecule has 0 rings (SSSR count). The Balaban J connectivity index is 4.39. The van der Waals surface area contributed by atoms with Crippen LogP contribution in [0.1, 0.15) is 284 Å². The molecule has 0 aromatic heterocycles. The average molecular weight is 897 g/mol. The third-order valence-corrected chi connectivity index (χ3v) is 12.1. The van der Waals surface area contributed by atoms with Crippen molar-refractivity contribution in [2.75, 3.05) is 13.2 Å². The summed E-state index contributed by atoms with van der Waals surface area (Å²) in [6.07, 6.45) is 63.8. The Morgan fingerprint density at radius 3 is 0.953 bits per heavy atom. The van der Waals surface area contributed by atoms with Crippen LogP contribution in [0.25, 0.3) is 0 Å². The van der Waals surface area contributed by atoms with E-state index in [4.69, 9.17) is 14.2 Å². The predicted molar refractivity (Wildman–Crippen MR) is 275 cm³/mol. The van der Waals surface area contributed by atoms with E-state index >= 15 is 0 Å². The lowest BCUT2D eigenvalue weighted by Gasteiger charge is -2.18. The summed E-state index contributed by atoms with van der Waals surface area (Å²) in [4.78, 5) is 38.1. The van der Waals surface area contributed by atoms with Crippen molar-refractivity contribution in [3.8, 4) is 0 Å². The highest BCUT2D eigenvalue weighted by Gasteiger charge is 2.19. The molecule has 0 bridgehead atoms. The van der Waals surface area contributed by atoms with Gasteiger partial charge in [-0.1, -0.05) is 256 Å². The van der Waals surface area contributed by atoms with Crippen molar-refractivity contribution in [2.24, 2.45) is 0 Å². The second-order valence-corrected chi connectivity index (χ2v) is 18.5. The summed E-state index contributed by atoms with van der Waals surface area (Å²) >= 11 is 0. The van der Waals surface area contributed by atoms with Crippen LogP contribution < -0.4 is 0 Å². The highest BCUT2D eigenvalue weighted by molar-refractivity contribution is 5.71. The van der Waals surface area contributed by atoms with Gasteiger partial charge in [-0.15, -0.1) is 0 Å². The van der Waals surface area contributed by atoms with Crippen LogP contribution in [0.4, 0.5) is 0 Å². The van der Waals surface area contributed by atoms with Gasteiger partial charge in [-0.3, -0.25) is 14.4 Å². The number of hydrogen-bond donors (Lipinski definition) is 0. The fraction of sp³-hybridized carbons (Fsp3) is 0.810. The molecule has 0 fully saturated rings. The maximum absolute atomic E-state index is 12.8. The molecule has 6 heteroatoms. The Morgan fingerprint density at radius 2 is 0.609 bits per heavy atom.